The summed E-state index contributed by atoms with van der Waals surface area (Å²) in [7, 11) is 0. The van der Waals surface area contributed by atoms with Gasteiger partial charge in [0, 0.05) is 19.3 Å². The van der Waals surface area contributed by atoms with E-state index in [2.05, 4.69) is 191 Å². The SMILES string of the molecule is CC/C=C\C/C=C\C/C=C\C/C=C\C/C=C\CCCCCCCC(=O)OCC(COC(=O)CCCCCCCC/C=C\C/C=C\C/C=C\C/C=C\CC)OC(=O)CCCCCCC/C=C\C/C=C\C/C=C\C/C=C\C/C=C\CC. The van der Waals surface area contributed by atoms with Gasteiger partial charge in [-0.25, -0.2) is 0 Å². The van der Waals surface area contributed by atoms with E-state index in [-0.39, 0.29) is 37.5 Å². The zero-order valence-corrected chi connectivity index (χ0v) is 50.6. The van der Waals surface area contributed by atoms with Crippen molar-refractivity contribution >= 4 is 17.9 Å². The molecule has 0 saturated heterocycles. The standard InChI is InChI=1S/C73H114O6/c1-4-7-10-13-16-19-22-25-28-31-34-36-39-42-45-48-51-54-57-60-63-66-72(75)78-69-70(68-77-71(74)65-62-59-56-53-50-47-44-41-38-33-30-27-24-21-18-15-12-9-6-3)79-73(76)67-64-61-58-55-52-49-46-43-40-37-35-32-29-26-23-20-17-14-11-8-5-2/h7-12,16-21,25-30,34-38,41-43,45-46,70H,4-6,13-15,22-24,31-33,39-40,44,47-69H2,1-3H3/b10-7-,11-8-,12-9-,19-16-,20-17-,21-18-,28-25-,29-26-,30-27-,36-34-,37-35-,41-38-,45-42-,46-43-. The Bertz CT molecular complexity index is 1820. The molecule has 0 radical (unpaired) electrons. The van der Waals surface area contributed by atoms with E-state index in [0.717, 1.165) is 199 Å². The van der Waals surface area contributed by atoms with Crippen LogP contribution in [0.25, 0.3) is 0 Å². The molecule has 0 aromatic heterocycles. The number of unbranched alkanes of at least 4 members (excludes halogenated alkanes) is 16. The van der Waals surface area contributed by atoms with E-state index in [0.29, 0.717) is 12.8 Å². The second kappa shape index (κ2) is 65.3. The molecule has 0 bridgehead atoms. The Balaban J connectivity index is 4.54. The molecule has 0 N–H and O–H groups in total. The highest BCUT2D eigenvalue weighted by atomic mass is 16.6. The first kappa shape index (κ1) is 73.8. The number of hydrogen-bond donors (Lipinski definition) is 0. The van der Waals surface area contributed by atoms with E-state index in [4.69, 9.17) is 14.2 Å². The highest BCUT2D eigenvalue weighted by Crippen LogP contribution is 2.14. The Morgan fingerprint density at radius 2 is 0.456 bits per heavy atom. The largest absolute Gasteiger partial charge is 0.462 e. The number of ether oxygens (including phenoxy) is 3. The van der Waals surface area contributed by atoms with Crippen LogP contribution in [0.1, 0.15) is 252 Å². The highest BCUT2D eigenvalue weighted by Gasteiger charge is 2.19. The van der Waals surface area contributed by atoms with Gasteiger partial charge in [-0.05, 0) is 148 Å². The van der Waals surface area contributed by atoms with Crippen LogP contribution < -0.4 is 0 Å². The van der Waals surface area contributed by atoms with Gasteiger partial charge in [0.1, 0.15) is 13.2 Å². The normalized spacial score (nSPS) is 13.3. The van der Waals surface area contributed by atoms with Crippen LogP contribution in [0.3, 0.4) is 0 Å². The fourth-order valence-electron chi connectivity index (χ4n) is 8.07. The van der Waals surface area contributed by atoms with E-state index in [1.54, 1.807) is 0 Å². The van der Waals surface area contributed by atoms with Crippen molar-refractivity contribution in [2.45, 2.75) is 258 Å². The monoisotopic (exact) mass is 1090 g/mol. The summed E-state index contributed by atoms with van der Waals surface area (Å²) in [6.07, 6.45) is 96.3. The number of allylic oxidation sites excluding steroid dienone is 28. The summed E-state index contributed by atoms with van der Waals surface area (Å²) >= 11 is 0. The summed E-state index contributed by atoms with van der Waals surface area (Å²) in [5.74, 6) is -0.964. The van der Waals surface area contributed by atoms with Gasteiger partial charge in [-0.2, -0.15) is 0 Å². The molecule has 0 fully saturated rings. The van der Waals surface area contributed by atoms with E-state index in [9.17, 15) is 14.4 Å². The van der Waals surface area contributed by atoms with E-state index < -0.39 is 6.10 Å². The lowest BCUT2D eigenvalue weighted by Crippen LogP contribution is -2.30. The lowest BCUT2D eigenvalue weighted by Gasteiger charge is -2.18. The maximum atomic E-state index is 12.9. The first-order chi connectivity index (χ1) is 39.0. The van der Waals surface area contributed by atoms with E-state index in [1.165, 1.54) is 12.8 Å². The fourth-order valence-corrected chi connectivity index (χ4v) is 8.07. The first-order valence-electron chi connectivity index (χ1n) is 31.6. The summed E-state index contributed by atoms with van der Waals surface area (Å²) in [4.78, 5) is 38.4. The number of hydrogen-bond acceptors (Lipinski definition) is 6. The molecule has 0 heterocycles. The summed E-state index contributed by atoms with van der Waals surface area (Å²) in [5.41, 5.74) is 0. The van der Waals surface area contributed by atoms with Gasteiger partial charge in [-0.1, -0.05) is 255 Å². The van der Waals surface area contributed by atoms with Gasteiger partial charge in [0.05, 0.1) is 0 Å². The van der Waals surface area contributed by atoms with Crippen LogP contribution in [0.15, 0.2) is 170 Å². The molecule has 0 spiro atoms. The molecule has 1 unspecified atom stereocenters. The number of rotatable bonds is 55. The van der Waals surface area contributed by atoms with Crippen LogP contribution >= 0.6 is 0 Å². The fraction of sp³-hybridized carbons (Fsp3) is 0.575. The third-order valence-electron chi connectivity index (χ3n) is 12.7. The van der Waals surface area contributed by atoms with Crippen LogP contribution in [0.2, 0.25) is 0 Å². The third-order valence-corrected chi connectivity index (χ3v) is 12.7. The first-order valence-corrected chi connectivity index (χ1v) is 31.6. The average molecular weight is 1090 g/mol. The summed E-state index contributed by atoms with van der Waals surface area (Å²) in [6.45, 7) is 6.25. The van der Waals surface area contributed by atoms with Gasteiger partial charge < -0.3 is 14.2 Å². The second-order valence-corrected chi connectivity index (χ2v) is 20.2. The summed E-state index contributed by atoms with van der Waals surface area (Å²) in [5, 5.41) is 0. The highest BCUT2D eigenvalue weighted by molar-refractivity contribution is 5.71. The van der Waals surface area contributed by atoms with Crippen LogP contribution in [0.4, 0.5) is 0 Å². The van der Waals surface area contributed by atoms with Gasteiger partial charge in [-0.15, -0.1) is 0 Å². The van der Waals surface area contributed by atoms with E-state index in [1.807, 2.05) is 0 Å². The molecule has 0 aromatic carbocycles. The molecule has 6 nitrogen and oxygen atoms in total. The predicted molar refractivity (Wildman–Crippen MR) is 343 cm³/mol. The predicted octanol–water partition coefficient (Wildman–Crippen LogP) is 21.9. The smallest absolute Gasteiger partial charge is 0.306 e. The van der Waals surface area contributed by atoms with E-state index >= 15 is 0 Å². The molecular formula is C73H114O6. The Kier molecular flexibility index (Phi) is 61.0. The number of carbonyl (C=O) groups excluding carboxylic acids is 3. The lowest BCUT2D eigenvalue weighted by molar-refractivity contribution is -0.167. The Labute approximate surface area is 485 Å². The quantitative estimate of drug-likeness (QED) is 0.0261. The van der Waals surface area contributed by atoms with Crippen molar-refractivity contribution in [1.82, 2.24) is 0 Å². The van der Waals surface area contributed by atoms with Gasteiger partial charge >= 0.3 is 17.9 Å². The van der Waals surface area contributed by atoms with Crippen LogP contribution in [0.5, 0.6) is 0 Å². The zero-order chi connectivity index (χ0) is 57.1. The van der Waals surface area contributed by atoms with Crippen molar-refractivity contribution < 1.29 is 28.6 Å². The maximum Gasteiger partial charge on any atom is 0.306 e. The maximum absolute atomic E-state index is 12.9. The molecule has 79 heavy (non-hydrogen) atoms. The molecule has 0 aliphatic carbocycles. The summed E-state index contributed by atoms with van der Waals surface area (Å²) in [6, 6.07) is 0. The molecule has 0 rings (SSSR count). The Morgan fingerprint density at radius 1 is 0.253 bits per heavy atom. The van der Waals surface area contributed by atoms with Gasteiger partial charge in [0.25, 0.3) is 0 Å². The molecule has 6 heteroatoms. The average Bonchev–Trinajstić information content (AvgIpc) is 3.45. The van der Waals surface area contributed by atoms with Crippen molar-refractivity contribution in [1.29, 1.82) is 0 Å². The molecule has 1 atom stereocenters. The molecule has 0 saturated carbocycles. The lowest BCUT2D eigenvalue weighted by atomic mass is 10.1. The molecule has 0 aliphatic rings. The minimum atomic E-state index is -0.815. The molecule has 0 amide bonds. The van der Waals surface area contributed by atoms with Crippen molar-refractivity contribution in [3.05, 3.63) is 170 Å². The molecule has 0 aliphatic heterocycles. The summed E-state index contributed by atoms with van der Waals surface area (Å²) < 4.78 is 16.9. The van der Waals surface area contributed by atoms with Crippen molar-refractivity contribution in [2.24, 2.45) is 0 Å². The van der Waals surface area contributed by atoms with Gasteiger partial charge in [0.2, 0.25) is 0 Å². The minimum Gasteiger partial charge on any atom is -0.462 e. The molecule has 0 aromatic rings. The van der Waals surface area contributed by atoms with Crippen LogP contribution in [-0.2, 0) is 28.6 Å². The minimum absolute atomic E-state index is 0.108. The number of carbonyl (C=O) groups is 3. The topological polar surface area (TPSA) is 78.9 Å². The Hall–Kier alpha value is -5.23. The number of esters is 3. The second-order valence-electron chi connectivity index (χ2n) is 20.2. The zero-order valence-electron chi connectivity index (χ0n) is 50.6. The molecular weight excluding hydrogens is 973 g/mol. The third kappa shape index (κ3) is 63.5. The molecule has 442 valence electrons. The van der Waals surface area contributed by atoms with Gasteiger partial charge in [-0.3, -0.25) is 14.4 Å². The van der Waals surface area contributed by atoms with Crippen LogP contribution in [0, 0.1) is 0 Å². The van der Waals surface area contributed by atoms with Crippen molar-refractivity contribution in [3.8, 4) is 0 Å². The van der Waals surface area contributed by atoms with Crippen molar-refractivity contribution in [2.75, 3.05) is 13.2 Å². The van der Waals surface area contributed by atoms with Crippen molar-refractivity contribution in [3.63, 3.8) is 0 Å². The Morgan fingerprint density at radius 3 is 0.709 bits per heavy atom. The van der Waals surface area contributed by atoms with Gasteiger partial charge in [0.15, 0.2) is 6.10 Å². The van der Waals surface area contributed by atoms with Crippen LogP contribution in [-0.4, -0.2) is 37.2 Å².